The van der Waals surface area contributed by atoms with Crippen LogP contribution in [0.5, 0.6) is 0 Å². The Kier molecular flexibility index (Phi) is 4.43. The van der Waals surface area contributed by atoms with E-state index in [2.05, 4.69) is 11.4 Å². The normalized spacial score (nSPS) is 19.7. The zero-order valence-electron chi connectivity index (χ0n) is 10.00. The van der Waals surface area contributed by atoms with Crippen LogP contribution in [0.4, 0.5) is 0 Å². The number of rotatable bonds is 6. The number of hydrogen-bond donors (Lipinski definition) is 1. The molecule has 1 unspecified atom stereocenters. The standard InChI is InChI=1S/C13H21NO2/c1-2-15-9-4-8-14-12-5-3-6-13-11(12)7-10-16-13/h7,10,12,14H,2-6,8-9H2,1H3. The van der Waals surface area contributed by atoms with Gasteiger partial charge in [-0.15, -0.1) is 0 Å². The Hall–Kier alpha value is -0.800. The van der Waals surface area contributed by atoms with Gasteiger partial charge in [0.25, 0.3) is 0 Å². The van der Waals surface area contributed by atoms with Gasteiger partial charge in [-0.1, -0.05) is 0 Å². The molecule has 3 heteroatoms. The molecule has 1 atom stereocenters. The lowest BCUT2D eigenvalue weighted by molar-refractivity contribution is 0.144. The van der Waals surface area contributed by atoms with Gasteiger partial charge in [0, 0.05) is 31.2 Å². The van der Waals surface area contributed by atoms with E-state index < -0.39 is 0 Å². The Morgan fingerprint density at radius 2 is 2.50 bits per heavy atom. The van der Waals surface area contributed by atoms with Crippen molar-refractivity contribution in [1.82, 2.24) is 5.32 Å². The fourth-order valence-electron chi connectivity index (χ4n) is 2.29. The molecule has 0 aliphatic heterocycles. The van der Waals surface area contributed by atoms with E-state index in [-0.39, 0.29) is 0 Å². The average Bonchev–Trinajstić information content (AvgIpc) is 2.77. The molecule has 1 heterocycles. The average molecular weight is 223 g/mol. The first-order chi connectivity index (χ1) is 7.92. The first kappa shape index (κ1) is 11.7. The molecule has 0 saturated carbocycles. The van der Waals surface area contributed by atoms with Crippen molar-refractivity contribution in [2.45, 2.75) is 38.6 Å². The lowest BCUT2D eigenvalue weighted by Gasteiger charge is -2.22. The molecule has 0 spiro atoms. The van der Waals surface area contributed by atoms with Crippen molar-refractivity contribution in [2.24, 2.45) is 0 Å². The minimum absolute atomic E-state index is 0.490. The molecule has 16 heavy (non-hydrogen) atoms. The molecular weight excluding hydrogens is 202 g/mol. The van der Waals surface area contributed by atoms with Crippen molar-refractivity contribution in [3.05, 3.63) is 23.7 Å². The summed E-state index contributed by atoms with van der Waals surface area (Å²) in [7, 11) is 0. The maximum atomic E-state index is 5.47. The van der Waals surface area contributed by atoms with Crippen LogP contribution >= 0.6 is 0 Å². The van der Waals surface area contributed by atoms with Crippen LogP contribution in [-0.4, -0.2) is 19.8 Å². The highest BCUT2D eigenvalue weighted by molar-refractivity contribution is 5.23. The van der Waals surface area contributed by atoms with Crippen molar-refractivity contribution in [2.75, 3.05) is 19.8 Å². The van der Waals surface area contributed by atoms with Crippen LogP contribution in [0.25, 0.3) is 0 Å². The van der Waals surface area contributed by atoms with Gasteiger partial charge < -0.3 is 14.5 Å². The number of ether oxygens (including phenoxy) is 1. The lowest BCUT2D eigenvalue weighted by Crippen LogP contribution is -2.26. The molecule has 1 N–H and O–H groups in total. The van der Waals surface area contributed by atoms with E-state index in [1.165, 1.54) is 24.2 Å². The third-order valence-corrected chi connectivity index (χ3v) is 3.11. The largest absolute Gasteiger partial charge is 0.469 e. The van der Waals surface area contributed by atoms with Gasteiger partial charge in [0.2, 0.25) is 0 Å². The second-order valence-electron chi connectivity index (χ2n) is 4.25. The summed E-state index contributed by atoms with van der Waals surface area (Å²) >= 11 is 0. The molecule has 3 nitrogen and oxygen atoms in total. The van der Waals surface area contributed by atoms with Gasteiger partial charge in [-0.25, -0.2) is 0 Å². The number of hydrogen-bond acceptors (Lipinski definition) is 3. The Morgan fingerprint density at radius 3 is 3.38 bits per heavy atom. The van der Waals surface area contributed by atoms with Crippen molar-refractivity contribution in [3.63, 3.8) is 0 Å². The Labute approximate surface area is 97.2 Å². The second kappa shape index (κ2) is 6.06. The molecule has 0 radical (unpaired) electrons. The summed E-state index contributed by atoms with van der Waals surface area (Å²) in [5.74, 6) is 1.17. The van der Waals surface area contributed by atoms with Crippen LogP contribution in [0, 0.1) is 0 Å². The zero-order chi connectivity index (χ0) is 11.2. The topological polar surface area (TPSA) is 34.4 Å². The van der Waals surface area contributed by atoms with Crippen LogP contribution in [0.1, 0.15) is 43.6 Å². The number of fused-ring (bicyclic) bond motifs is 1. The van der Waals surface area contributed by atoms with E-state index in [1.807, 2.05) is 13.2 Å². The third-order valence-electron chi connectivity index (χ3n) is 3.11. The van der Waals surface area contributed by atoms with Gasteiger partial charge in [-0.05, 0) is 38.8 Å². The smallest absolute Gasteiger partial charge is 0.108 e. The van der Waals surface area contributed by atoms with Crippen molar-refractivity contribution in [1.29, 1.82) is 0 Å². The summed E-state index contributed by atoms with van der Waals surface area (Å²) in [6, 6.07) is 2.60. The molecule has 90 valence electrons. The Morgan fingerprint density at radius 1 is 1.56 bits per heavy atom. The van der Waals surface area contributed by atoms with E-state index in [4.69, 9.17) is 9.15 Å². The Balaban J connectivity index is 1.75. The molecule has 1 aliphatic carbocycles. The summed E-state index contributed by atoms with van der Waals surface area (Å²) in [5, 5.41) is 3.58. The first-order valence-corrected chi connectivity index (χ1v) is 6.29. The highest BCUT2D eigenvalue weighted by Gasteiger charge is 2.21. The molecular formula is C13H21NO2. The quantitative estimate of drug-likeness (QED) is 0.753. The minimum atomic E-state index is 0.490. The molecule has 0 aromatic carbocycles. The Bertz CT molecular complexity index is 309. The maximum absolute atomic E-state index is 5.47. The van der Waals surface area contributed by atoms with Gasteiger partial charge in [0.1, 0.15) is 5.76 Å². The van der Waals surface area contributed by atoms with Gasteiger partial charge in [0.05, 0.1) is 6.26 Å². The predicted octanol–water partition coefficient (Wildman–Crippen LogP) is 2.67. The summed E-state index contributed by atoms with van der Waals surface area (Å²) in [6.07, 6.45) is 6.44. The fourth-order valence-corrected chi connectivity index (χ4v) is 2.29. The number of aryl methyl sites for hydroxylation is 1. The number of furan rings is 1. The van der Waals surface area contributed by atoms with E-state index in [0.717, 1.165) is 32.6 Å². The first-order valence-electron chi connectivity index (χ1n) is 6.29. The fraction of sp³-hybridized carbons (Fsp3) is 0.692. The molecule has 1 aromatic rings. The second-order valence-corrected chi connectivity index (χ2v) is 4.25. The molecule has 1 aliphatic rings. The van der Waals surface area contributed by atoms with E-state index in [0.29, 0.717) is 6.04 Å². The zero-order valence-corrected chi connectivity index (χ0v) is 10.00. The molecule has 0 saturated heterocycles. The summed E-state index contributed by atoms with van der Waals surface area (Å²) in [5.41, 5.74) is 1.36. The SMILES string of the molecule is CCOCCCNC1CCCc2occc21. The van der Waals surface area contributed by atoms with Crippen molar-refractivity contribution < 1.29 is 9.15 Å². The van der Waals surface area contributed by atoms with Crippen LogP contribution in [0.3, 0.4) is 0 Å². The molecule has 0 amide bonds. The predicted molar refractivity (Wildman–Crippen MR) is 63.5 cm³/mol. The van der Waals surface area contributed by atoms with E-state index in [1.54, 1.807) is 0 Å². The molecule has 0 fully saturated rings. The summed E-state index contributed by atoms with van der Waals surface area (Å²) in [4.78, 5) is 0. The molecule has 0 bridgehead atoms. The van der Waals surface area contributed by atoms with Gasteiger partial charge >= 0.3 is 0 Å². The molecule has 1 aromatic heterocycles. The van der Waals surface area contributed by atoms with Crippen molar-refractivity contribution >= 4 is 0 Å². The lowest BCUT2D eigenvalue weighted by atomic mass is 9.93. The van der Waals surface area contributed by atoms with Crippen molar-refractivity contribution in [3.8, 4) is 0 Å². The van der Waals surface area contributed by atoms with Gasteiger partial charge in [0.15, 0.2) is 0 Å². The minimum Gasteiger partial charge on any atom is -0.469 e. The number of nitrogens with one attached hydrogen (secondary N) is 1. The van der Waals surface area contributed by atoms with Gasteiger partial charge in [-0.2, -0.15) is 0 Å². The van der Waals surface area contributed by atoms with E-state index in [9.17, 15) is 0 Å². The summed E-state index contributed by atoms with van der Waals surface area (Å²) < 4.78 is 10.8. The van der Waals surface area contributed by atoms with E-state index >= 15 is 0 Å². The highest BCUT2D eigenvalue weighted by atomic mass is 16.5. The van der Waals surface area contributed by atoms with Crippen LogP contribution in [-0.2, 0) is 11.2 Å². The van der Waals surface area contributed by atoms with Crippen LogP contribution < -0.4 is 5.32 Å². The summed E-state index contributed by atoms with van der Waals surface area (Å²) in [6.45, 7) is 4.73. The van der Waals surface area contributed by atoms with Gasteiger partial charge in [-0.3, -0.25) is 0 Å². The van der Waals surface area contributed by atoms with Crippen LogP contribution in [0.2, 0.25) is 0 Å². The monoisotopic (exact) mass is 223 g/mol. The van der Waals surface area contributed by atoms with Crippen LogP contribution in [0.15, 0.2) is 16.7 Å². The highest BCUT2D eigenvalue weighted by Crippen LogP contribution is 2.30. The maximum Gasteiger partial charge on any atom is 0.108 e. The third kappa shape index (κ3) is 2.86. The molecule has 2 rings (SSSR count).